The lowest BCUT2D eigenvalue weighted by Gasteiger charge is -2.25. The summed E-state index contributed by atoms with van der Waals surface area (Å²) < 4.78 is 40.0. The monoisotopic (exact) mass is 298 g/mol. The Kier molecular flexibility index (Phi) is 3.89. The Balaban J connectivity index is 1.83. The van der Waals surface area contributed by atoms with Crippen LogP contribution in [0.4, 0.5) is 13.2 Å². The summed E-state index contributed by atoms with van der Waals surface area (Å²) in [6.45, 7) is 3.00. The van der Waals surface area contributed by atoms with E-state index >= 15 is 0 Å². The average Bonchev–Trinajstić information content (AvgIpc) is 2.81. The molecule has 0 radical (unpaired) electrons. The topological polar surface area (TPSA) is 23.6 Å². The van der Waals surface area contributed by atoms with E-state index in [-0.39, 0.29) is 5.56 Å². The van der Waals surface area contributed by atoms with Crippen molar-refractivity contribution in [3.8, 4) is 0 Å². The second-order valence-corrected chi connectivity index (χ2v) is 5.66. The zero-order chi connectivity index (χ0) is 15.0. The molecule has 1 aromatic carbocycles. The van der Waals surface area contributed by atoms with Gasteiger partial charge in [-0.1, -0.05) is 0 Å². The summed E-state index contributed by atoms with van der Waals surface area (Å²) in [4.78, 5) is 16.3. The van der Waals surface area contributed by atoms with Gasteiger partial charge in [0.05, 0.1) is 5.56 Å². The van der Waals surface area contributed by atoms with Crippen LogP contribution in [0.1, 0.15) is 29.6 Å². The second kappa shape index (κ2) is 5.67. The summed E-state index contributed by atoms with van der Waals surface area (Å²) in [6.07, 6.45) is 2.93. The van der Waals surface area contributed by atoms with Crippen LogP contribution in [-0.2, 0) is 0 Å². The first kappa shape index (κ1) is 14.4. The maximum Gasteiger partial charge on any atom is 0.256 e. The van der Waals surface area contributed by atoms with Crippen LogP contribution in [0.3, 0.4) is 0 Å². The molecule has 114 valence electrons. The van der Waals surface area contributed by atoms with Crippen LogP contribution in [0.5, 0.6) is 0 Å². The van der Waals surface area contributed by atoms with E-state index in [0.717, 1.165) is 44.5 Å². The molecule has 1 unspecified atom stereocenters. The van der Waals surface area contributed by atoms with Crippen LogP contribution >= 0.6 is 0 Å². The van der Waals surface area contributed by atoms with Crippen molar-refractivity contribution < 1.29 is 18.0 Å². The van der Waals surface area contributed by atoms with Crippen LogP contribution < -0.4 is 0 Å². The fourth-order valence-electron chi connectivity index (χ4n) is 3.25. The minimum Gasteiger partial charge on any atom is -0.337 e. The first-order valence-corrected chi connectivity index (χ1v) is 7.24. The highest BCUT2D eigenvalue weighted by Gasteiger charge is 2.32. The fraction of sp³-hybridized carbons (Fsp3) is 0.533. The second-order valence-electron chi connectivity index (χ2n) is 5.66. The minimum atomic E-state index is -1.59. The molecule has 3 nitrogen and oxygen atoms in total. The number of hydrogen-bond donors (Lipinski definition) is 0. The summed E-state index contributed by atoms with van der Waals surface area (Å²) in [6, 6.07) is 2.11. The number of carbonyl (C=O) groups is 1. The predicted molar refractivity (Wildman–Crippen MR) is 71.4 cm³/mol. The number of rotatable bonds is 1. The standard InChI is InChI=1S/C15H17F3N2O/c16-12-5-4-11(13(17)14(12)18)15(21)20-8-2-7-19-6-1-3-10(19)9-20/h4-5,10H,1-3,6-9H2. The van der Waals surface area contributed by atoms with E-state index in [1.165, 1.54) is 0 Å². The van der Waals surface area contributed by atoms with Gasteiger partial charge in [-0.15, -0.1) is 0 Å². The molecule has 1 atom stereocenters. The van der Waals surface area contributed by atoms with Crippen molar-refractivity contribution in [2.45, 2.75) is 25.3 Å². The predicted octanol–water partition coefficient (Wildman–Crippen LogP) is 2.41. The number of hydrogen-bond acceptors (Lipinski definition) is 2. The van der Waals surface area contributed by atoms with Crippen molar-refractivity contribution in [2.75, 3.05) is 26.2 Å². The van der Waals surface area contributed by atoms with Gasteiger partial charge in [0.15, 0.2) is 17.5 Å². The molecule has 2 aliphatic heterocycles. The summed E-state index contributed by atoms with van der Waals surface area (Å²) >= 11 is 0. The molecule has 2 aliphatic rings. The molecule has 0 aromatic heterocycles. The maximum absolute atomic E-state index is 13.8. The third kappa shape index (κ3) is 2.64. The molecule has 0 bridgehead atoms. The third-order valence-electron chi connectivity index (χ3n) is 4.36. The van der Waals surface area contributed by atoms with Gasteiger partial charge < -0.3 is 4.90 Å². The molecule has 1 amide bonds. The highest BCUT2D eigenvalue weighted by Crippen LogP contribution is 2.23. The Morgan fingerprint density at radius 2 is 1.81 bits per heavy atom. The van der Waals surface area contributed by atoms with Gasteiger partial charge in [-0.05, 0) is 37.9 Å². The number of halogens is 3. The highest BCUT2D eigenvalue weighted by molar-refractivity contribution is 5.94. The summed E-state index contributed by atoms with van der Waals surface area (Å²) in [5.41, 5.74) is -0.389. The van der Waals surface area contributed by atoms with Gasteiger partial charge in [0, 0.05) is 25.7 Å². The van der Waals surface area contributed by atoms with Crippen LogP contribution in [0.15, 0.2) is 12.1 Å². The van der Waals surface area contributed by atoms with Gasteiger partial charge in [0.1, 0.15) is 0 Å². The van der Waals surface area contributed by atoms with Gasteiger partial charge in [-0.2, -0.15) is 0 Å². The molecule has 3 rings (SSSR count). The van der Waals surface area contributed by atoms with Crippen molar-refractivity contribution in [1.82, 2.24) is 9.80 Å². The normalized spacial score (nSPS) is 23.0. The van der Waals surface area contributed by atoms with Crippen LogP contribution in [0.2, 0.25) is 0 Å². The molecule has 2 fully saturated rings. The zero-order valence-electron chi connectivity index (χ0n) is 11.6. The van der Waals surface area contributed by atoms with Crippen molar-refractivity contribution in [2.24, 2.45) is 0 Å². The van der Waals surface area contributed by atoms with E-state index in [1.807, 2.05) is 0 Å². The lowest BCUT2D eigenvalue weighted by Crippen LogP contribution is -2.40. The van der Waals surface area contributed by atoms with Crippen molar-refractivity contribution in [1.29, 1.82) is 0 Å². The maximum atomic E-state index is 13.8. The van der Waals surface area contributed by atoms with E-state index in [0.29, 0.717) is 19.1 Å². The first-order chi connectivity index (χ1) is 10.1. The number of amides is 1. The molecular weight excluding hydrogens is 281 g/mol. The molecular formula is C15H17F3N2O. The van der Waals surface area contributed by atoms with E-state index in [9.17, 15) is 18.0 Å². The van der Waals surface area contributed by atoms with Gasteiger partial charge in [-0.3, -0.25) is 9.69 Å². The lowest BCUT2D eigenvalue weighted by molar-refractivity contribution is 0.0737. The van der Waals surface area contributed by atoms with Crippen molar-refractivity contribution in [3.63, 3.8) is 0 Å². The summed E-state index contributed by atoms with van der Waals surface area (Å²) in [5.74, 6) is -4.81. The van der Waals surface area contributed by atoms with Gasteiger partial charge >= 0.3 is 0 Å². The molecule has 21 heavy (non-hydrogen) atoms. The number of benzene rings is 1. The van der Waals surface area contributed by atoms with Gasteiger partial charge in [0.2, 0.25) is 0 Å². The molecule has 2 heterocycles. The Hall–Kier alpha value is -1.56. The van der Waals surface area contributed by atoms with Crippen LogP contribution in [0.25, 0.3) is 0 Å². The number of nitrogens with zero attached hydrogens (tertiary/aromatic N) is 2. The third-order valence-corrected chi connectivity index (χ3v) is 4.36. The van der Waals surface area contributed by atoms with Crippen LogP contribution in [0, 0.1) is 17.5 Å². The first-order valence-electron chi connectivity index (χ1n) is 7.24. The van der Waals surface area contributed by atoms with E-state index in [2.05, 4.69) is 4.90 Å². The van der Waals surface area contributed by atoms with E-state index in [4.69, 9.17) is 0 Å². The minimum absolute atomic E-state index is 0.296. The highest BCUT2D eigenvalue weighted by atomic mass is 19.2. The lowest BCUT2D eigenvalue weighted by atomic mass is 10.1. The number of carbonyl (C=O) groups excluding carboxylic acids is 1. The van der Waals surface area contributed by atoms with Gasteiger partial charge in [0.25, 0.3) is 5.91 Å². The van der Waals surface area contributed by atoms with E-state index < -0.39 is 23.4 Å². The smallest absolute Gasteiger partial charge is 0.256 e. The zero-order valence-corrected chi connectivity index (χ0v) is 11.6. The fourth-order valence-corrected chi connectivity index (χ4v) is 3.25. The van der Waals surface area contributed by atoms with Crippen molar-refractivity contribution in [3.05, 3.63) is 35.1 Å². The Morgan fingerprint density at radius 1 is 1.05 bits per heavy atom. The Morgan fingerprint density at radius 3 is 2.62 bits per heavy atom. The van der Waals surface area contributed by atoms with Gasteiger partial charge in [-0.25, -0.2) is 13.2 Å². The average molecular weight is 298 g/mol. The summed E-state index contributed by atoms with van der Waals surface area (Å²) in [5, 5.41) is 0. The molecule has 6 heteroatoms. The number of fused-ring (bicyclic) bond motifs is 1. The molecule has 0 saturated carbocycles. The van der Waals surface area contributed by atoms with Crippen molar-refractivity contribution >= 4 is 5.91 Å². The molecule has 0 spiro atoms. The Labute approximate surface area is 121 Å². The molecule has 2 saturated heterocycles. The Bertz CT molecular complexity index is 564. The quantitative estimate of drug-likeness (QED) is 0.743. The molecule has 0 N–H and O–H groups in total. The summed E-state index contributed by atoms with van der Waals surface area (Å²) in [7, 11) is 0. The molecule has 0 aliphatic carbocycles. The largest absolute Gasteiger partial charge is 0.337 e. The van der Waals surface area contributed by atoms with Crippen LogP contribution in [-0.4, -0.2) is 47.9 Å². The SMILES string of the molecule is O=C(c1ccc(F)c(F)c1F)N1CCCN2CCCC2C1. The molecule has 1 aromatic rings. The van der Waals surface area contributed by atoms with E-state index in [1.54, 1.807) is 4.90 Å².